The van der Waals surface area contributed by atoms with Crippen molar-refractivity contribution in [3.63, 3.8) is 0 Å². The minimum absolute atomic E-state index is 0.0915. The van der Waals surface area contributed by atoms with Crippen molar-refractivity contribution in [2.24, 2.45) is 5.41 Å². The van der Waals surface area contributed by atoms with Crippen LogP contribution in [0.5, 0.6) is 0 Å². The third kappa shape index (κ3) is 3.55. The highest BCUT2D eigenvalue weighted by atomic mass is 32.1. The molecule has 15 heavy (non-hydrogen) atoms. The van der Waals surface area contributed by atoms with Crippen molar-refractivity contribution in [1.82, 2.24) is 9.88 Å². The molecule has 0 aliphatic carbocycles. The summed E-state index contributed by atoms with van der Waals surface area (Å²) in [6.45, 7) is 7.50. The first-order valence-electron chi connectivity index (χ1n) is 5.13. The Bertz CT molecular complexity index is 279. The van der Waals surface area contributed by atoms with Gasteiger partial charge in [-0.2, -0.15) is 0 Å². The second-order valence-electron chi connectivity index (χ2n) is 4.95. The standard InChI is InChI=1S/C11H20N2OS/c1-11(2,3)10(7-14)13(4)6-9-5-12-8-15-9/h5,8,10,14H,6-7H2,1-4H3. The fraction of sp³-hybridized carbons (Fsp3) is 0.727. The Hall–Kier alpha value is -0.450. The van der Waals surface area contributed by atoms with Gasteiger partial charge in [0, 0.05) is 23.7 Å². The number of thiazole rings is 1. The van der Waals surface area contributed by atoms with Crippen molar-refractivity contribution >= 4 is 11.3 Å². The van der Waals surface area contributed by atoms with Gasteiger partial charge in [0.25, 0.3) is 0 Å². The molecule has 4 heteroatoms. The molecule has 0 aromatic carbocycles. The molecule has 0 aliphatic heterocycles. The number of likely N-dealkylation sites (N-methyl/N-ethyl adjacent to an activating group) is 1. The van der Waals surface area contributed by atoms with Gasteiger partial charge < -0.3 is 5.11 Å². The minimum atomic E-state index is 0.0915. The minimum Gasteiger partial charge on any atom is -0.395 e. The molecule has 1 heterocycles. The molecule has 0 radical (unpaired) electrons. The first kappa shape index (κ1) is 12.6. The molecule has 1 aromatic rings. The summed E-state index contributed by atoms with van der Waals surface area (Å²) in [4.78, 5) is 7.48. The molecule has 0 fully saturated rings. The monoisotopic (exact) mass is 228 g/mol. The summed E-state index contributed by atoms with van der Waals surface area (Å²) in [7, 11) is 2.05. The SMILES string of the molecule is CN(Cc1cncs1)C(CO)C(C)(C)C. The summed E-state index contributed by atoms with van der Waals surface area (Å²) in [6.07, 6.45) is 1.89. The number of hydrogen-bond acceptors (Lipinski definition) is 4. The summed E-state index contributed by atoms with van der Waals surface area (Å²) < 4.78 is 0. The van der Waals surface area contributed by atoms with Gasteiger partial charge in [-0.1, -0.05) is 20.8 Å². The third-order valence-corrected chi connectivity index (χ3v) is 3.36. The van der Waals surface area contributed by atoms with Gasteiger partial charge in [0.1, 0.15) is 0 Å². The van der Waals surface area contributed by atoms with Gasteiger partial charge in [0.05, 0.1) is 12.1 Å². The Morgan fingerprint density at radius 3 is 2.60 bits per heavy atom. The topological polar surface area (TPSA) is 36.4 Å². The van der Waals surface area contributed by atoms with Gasteiger partial charge in [0.15, 0.2) is 0 Å². The summed E-state index contributed by atoms with van der Waals surface area (Å²) in [5.41, 5.74) is 1.93. The Kier molecular flexibility index (Phi) is 4.25. The van der Waals surface area contributed by atoms with E-state index in [1.54, 1.807) is 11.3 Å². The molecule has 0 amide bonds. The third-order valence-electron chi connectivity index (χ3n) is 2.59. The van der Waals surface area contributed by atoms with Crippen LogP contribution in [0.3, 0.4) is 0 Å². The van der Waals surface area contributed by atoms with Crippen LogP contribution >= 0.6 is 11.3 Å². The van der Waals surface area contributed by atoms with E-state index in [4.69, 9.17) is 0 Å². The van der Waals surface area contributed by atoms with E-state index in [1.165, 1.54) is 4.88 Å². The van der Waals surface area contributed by atoms with Crippen molar-refractivity contribution in [3.05, 3.63) is 16.6 Å². The molecule has 0 aliphatic rings. The maximum atomic E-state index is 9.41. The van der Waals surface area contributed by atoms with Crippen LogP contribution in [-0.2, 0) is 6.54 Å². The number of rotatable bonds is 4. The second-order valence-corrected chi connectivity index (χ2v) is 5.92. The van der Waals surface area contributed by atoms with Crippen LogP contribution in [0.15, 0.2) is 11.7 Å². The highest BCUT2D eigenvalue weighted by Gasteiger charge is 2.27. The van der Waals surface area contributed by atoms with Crippen LogP contribution in [0.1, 0.15) is 25.6 Å². The Balaban J connectivity index is 2.62. The number of nitrogens with zero attached hydrogens (tertiary/aromatic N) is 2. The maximum absolute atomic E-state index is 9.41. The van der Waals surface area contributed by atoms with Gasteiger partial charge in [-0.05, 0) is 12.5 Å². The molecule has 86 valence electrons. The van der Waals surface area contributed by atoms with Gasteiger partial charge in [-0.15, -0.1) is 11.3 Å². The van der Waals surface area contributed by atoms with Crippen molar-refractivity contribution in [3.8, 4) is 0 Å². The van der Waals surface area contributed by atoms with Crippen LogP contribution in [0.4, 0.5) is 0 Å². The zero-order valence-corrected chi connectivity index (χ0v) is 10.7. The summed E-state index contributed by atoms with van der Waals surface area (Å²) in [6, 6.07) is 0.180. The molecule has 3 nitrogen and oxygen atoms in total. The quantitative estimate of drug-likeness (QED) is 0.856. The Morgan fingerprint density at radius 2 is 2.20 bits per heavy atom. The van der Waals surface area contributed by atoms with E-state index in [9.17, 15) is 5.11 Å². The van der Waals surface area contributed by atoms with E-state index >= 15 is 0 Å². The smallest absolute Gasteiger partial charge is 0.0794 e. The van der Waals surface area contributed by atoms with E-state index in [1.807, 2.05) is 18.8 Å². The van der Waals surface area contributed by atoms with E-state index in [0.717, 1.165) is 6.54 Å². The van der Waals surface area contributed by atoms with Gasteiger partial charge in [-0.25, -0.2) is 0 Å². The largest absolute Gasteiger partial charge is 0.395 e. The van der Waals surface area contributed by atoms with Crippen molar-refractivity contribution in [2.75, 3.05) is 13.7 Å². The number of aromatic nitrogens is 1. The Labute approximate surface area is 95.8 Å². The van der Waals surface area contributed by atoms with E-state index in [2.05, 4.69) is 30.7 Å². The fourth-order valence-electron chi connectivity index (χ4n) is 1.75. The maximum Gasteiger partial charge on any atom is 0.0794 e. The second kappa shape index (κ2) is 5.05. The first-order chi connectivity index (χ1) is 6.95. The van der Waals surface area contributed by atoms with Gasteiger partial charge >= 0.3 is 0 Å². The lowest BCUT2D eigenvalue weighted by Crippen LogP contribution is -2.43. The molecule has 1 aromatic heterocycles. The summed E-state index contributed by atoms with van der Waals surface area (Å²) in [5.74, 6) is 0. The van der Waals surface area contributed by atoms with Crippen LogP contribution in [0.2, 0.25) is 0 Å². The predicted molar refractivity (Wildman–Crippen MR) is 63.9 cm³/mol. The molecular formula is C11H20N2OS. The van der Waals surface area contributed by atoms with Crippen molar-refractivity contribution in [2.45, 2.75) is 33.4 Å². The number of aliphatic hydroxyl groups is 1. The van der Waals surface area contributed by atoms with E-state index in [-0.39, 0.29) is 18.1 Å². The Morgan fingerprint density at radius 1 is 1.53 bits per heavy atom. The lowest BCUT2D eigenvalue weighted by atomic mass is 9.86. The molecular weight excluding hydrogens is 208 g/mol. The van der Waals surface area contributed by atoms with Crippen LogP contribution in [-0.4, -0.2) is 34.7 Å². The molecule has 1 rings (SSSR count). The zero-order valence-electron chi connectivity index (χ0n) is 9.90. The van der Waals surface area contributed by atoms with E-state index in [0.29, 0.717) is 0 Å². The van der Waals surface area contributed by atoms with E-state index < -0.39 is 0 Å². The molecule has 0 spiro atoms. The molecule has 1 N–H and O–H groups in total. The lowest BCUT2D eigenvalue weighted by Gasteiger charge is -2.36. The highest BCUT2D eigenvalue weighted by molar-refractivity contribution is 7.09. The van der Waals surface area contributed by atoms with Crippen molar-refractivity contribution in [1.29, 1.82) is 0 Å². The molecule has 1 unspecified atom stereocenters. The summed E-state index contributed by atoms with van der Waals surface area (Å²) in [5, 5.41) is 9.41. The number of hydrogen-bond donors (Lipinski definition) is 1. The highest BCUT2D eigenvalue weighted by Crippen LogP contribution is 2.24. The van der Waals surface area contributed by atoms with Crippen LogP contribution < -0.4 is 0 Å². The molecule has 0 saturated heterocycles. The first-order valence-corrected chi connectivity index (χ1v) is 6.01. The number of aliphatic hydroxyl groups excluding tert-OH is 1. The fourth-order valence-corrected chi connectivity index (χ4v) is 2.41. The van der Waals surface area contributed by atoms with Crippen LogP contribution in [0, 0.1) is 5.41 Å². The summed E-state index contributed by atoms with van der Waals surface area (Å²) >= 11 is 1.66. The molecule has 0 saturated carbocycles. The molecule has 0 bridgehead atoms. The normalized spacial score (nSPS) is 14.5. The zero-order chi connectivity index (χ0) is 11.5. The van der Waals surface area contributed by atoms with Crippen LogP contribution in [0.25, 0.3) is 0 Å². The van der Waals surface area contributed by atoms with Crippen molar-refractivity contribution < 1.29 is 5.11 Å². The lowest BCUT2D eigenvalue weighted by molar-refractivity contribution is 0.0620. The predicted octanol–water partition coefficient (Wildman–Crippen LogP) is 1.98. The average Bonchev–Trinajstić information content (AvgIpc) is 2.54. The average molecular weight is 228 g/mol. The van der Waals surface area contributed by atoms with Gasteiger partial charge in [0.2, 0.25) is 0 Å². The molecule has 1 atom stereocenters. The van der Waals surface area contributed by atoms with Gasteiger partial charge in [-0.3, -0.25) is 9.88 Å².